The van der Waals surface area contributed by atoms with Gasteiger partial charge in [0.2, 0.25) is 10.6 Å². The Morgan fingerprint density at radius 2 is 1.82 bits per heavy atom. The van der Waals surface area contributed by atoms with Crippen molar-refractivity contribution >= 4 is 24.4 Å². The molecule has 3 N–H and O–H groups in total. The van der Waals surface area contributed by atoms with E-state index in [4.69, 9.17) is 12.2 Å². The molecule has 0 fully saturated rings. The van der Waals surface area contributed by atoms with Gasteiger partial charge in [-0.3, -0.25) is 5.10 Å². The van der Waals surface area contributed by atoms with E-state index < -0.39 is 5.97 Å². The minimum Gasteiger partial charge on any atom is -0.478 e. The van der Waals surface area contributed by atoms with Crippen molar-refractivity contribution in [1.82, 2.24) is 25.1 Å². The lowest BCUT2D eigenvalue weighted by Gasteiger charge is -2.01. The number of carboxylic acid groups (broad SMARTS) is 1. The van der Waals surface area contributed by atoms with Crippen LogP contribution in [0.2, 0.25) is 0 Å². The van der Waals surface area contributed by atoms with Crippen LogP contribution < -0.4 is 0 Å². The van der Waals surface area contributed by atoms with Crippen molar-refractivity contribution in [2.24, 2.45) is 5.10 Å². The summed E-state index contributed by atoms with van der Waals surface area (Å²) >= 11 is 5.25. The highest BCUT2D eigenvalue weighted by Crippen LogP contribution is 2.22. The summed E-state index contributed by atoms with van der Waals surface area (Å²) in [6.07, 6.45) is 1.44. The van der Waals surface area contributed by atoms with Gasteiger partial charge < -0.3 is 5.11 Å². The van der Waals surface area contributed by atoms with E-state index in [2.05, 4.69) is 25.5 Å². The summed E-state index contributed by atoms with van der Waals surface area (Å²) < 4.78 is 1.69. The van der Waals surface area contributed by atoms with Crippen LogP contribution in [0.3, 0.4) is 0 Å². The number of H-pyrrole nitrogens is 2. The highest BCUT2D eigenvalue weighted by Gasteiger charge is 2.13. The molecule has 28 heavy (non-hydrogen) atoms. The summed E-state index contributed by atoms with van der Waals surface area (Å²) in [5.74, 6) is -0.595. The summed E-state index contributed by atoms with van der Waals surface area (Å²) in [5, 5.41) is 27.8. The van der Waals surface area contributed by atoms with Crippen LogP contribution in [-0.4, -0.2) is 42.4 Å². The smallest absolute Gasteiger partial charge is 0.336 e. The molecule has 0 aliphatic carbocycles. The number of aromatic amines is 2. The molecule has 0 radical (unpaired) electrons. The van der Waals surface area contributed by atoms with Crippen molar-refractivity contribution in [2.45, 2.75) is 0 Å². The highest BCUT2D eigenvalue weighted by atomic mass is 32.1. The van der Waals surface area contributed by atoms with Crippen LogP contribution in [0.5, 0.6) is 0 Å². The monoisotopic (exact) mass is 390 g/mol. The van der Waals surface area contributed by atoms with E-state index in [1.54, 1.807) is 18.2 Å². The second kappa shape index (κ2) is 7.41. The normalized spacial score (nSPS) is 11.1. The Labute approximate surface area is 164 Å². The van der Waals surface area contributed by atoms with Crippen LogP contribution in [0, 0.1) is 4.77 Å². The average Bonchev–Trinajstić information content (AvgIpc) is 3.34. The van der Waals surface area contributed by atoms with Crippen molar-refractivity contribution in [1.29, 1.82) is 0 Å². The van der Waals surface area contributed by atoms with Gasteiger partial charge in [-0.15, -0.1) is 0 Å². The molecule has 0 aliphatic heterocycles. The maximum atomic E-state index is 11.4. The standard InChI is InChI=1S/C19H14N6O2S/c26-18(27)14-9-5-4-8-13(14)11-20-25-17(23-24-19(25)28)16-10-15(21-22-16)12-6-2-1-3-7-12/h1-11H,(H,21,22)(H,24,28)(H,26,27)/b20-11+. The molecule has 2 heterocycles. The number of carbonyl (C=O) groups is 1. The molecule has 2 aromatic carbocycles. The van der Waals surface area contributed by atoms with Gasteiger partial charge in [0.15, 0.2) is 0 Å². The van der Waals surface area contributed by atoms with Crippen LogP contribution in [0.15, 0.2) is 65.8 Å². The lowest BCUT2D eigenvalue weighted by molar-refractivity contribution is 0.0697. The number of benzene rings is 2. The Morgan fingerprint density at radius 1 is 1.07 bits per heavy atom. The Balaban J connectivity index is 1.71. The van der Waals surface area contributed by atoms with E-state index in [1.807, 2.05) is 36.4 Å². The highest BCUT2D eigenvalue weighted by molar-refractivity contribution is 7.71. The van der Waals surface area contributed by atoms with Gasteiger partial charge in [-0.05, 0) is 24.4 Å². The first-order chi connectivity index (χ1) is 13.6. The van der Waals surface area contributed by atoms with Gasteiger partial charge in [0.1, 0.15) is 5.69 Å². The molecular weight excluding hydrogens is 376 g/mol. The number of nitrogens with zero attached hydrogens (tertiary/aromatic N) is 4. The summed E-state index contributed by atoms with van der Waals surface area (Å²) in [4.78, 5) is 11.4. The molecule has 9 heteroatoms. The minimum atomic E-state index is -1.03. The summed E-state index contributed by atoms with van der Waals surface area (Å²) in [6.45, 7) is 0. The molecule has 2 aromatic heterocycles. The molecule has 0 bridgehead atoms. The Kier molecular flexibility index (Phi) is 4.65. The molecular formula is C19H14N6O2S. The second-order valence-corrected chi connectivity index (χ2v) is 6.22. The molecule has 0 spiro atoms. The summed E-state index contributed by atoms with van der Waals surface area (Å²) in [7, 11) is 0. The third-order valence-electron chi connectivity index (χ3n) is 4.04. The first kappa shape index (κ1) is 17.6. The number of aromatic carboxylic acids is 1. The van der Waals surface area contributed by atoms with Gasteiger partial charge in [-0.2, -0.15) is 20.0 Å². The fourth-order valence-corrected chi connectivity index (χ4v) is 2.87. The molecule has 0 aliphatic rings. The van der Waals surface area contributed by atoms with E-state index in [9.17, 15) is 9.90 Å². The summed E-state index contributed by atoms with van der Waals surface area (Å²) in [6, 6.07) is 18.1. The average molecular weight is 390 g/mol. The zero-order valence-electron chi connectivity index (χ0n) is 14.4. The van der Waals surface area contributed by atoms with Crippen LogP contribution in [-0.2, 0) is 0 Å². The zero-order valence-corrected chi connectivity index (χ0v) is 15.2. The van der Waals surface area contributed by atoms with Gasteiger partial charge in [-0.1, -0.05) is 48.5 Å². The van der Waals surface area contributed by atoms with Gasteiger partial charge in [0.05, 0.1) is 17.5 Å². The maximum absolute atomic E-state index is 11.4. The summed E-state index contributed by atoms with van der Waals surface area (Å²) in [5.41, 5.74) is 2.95. The topological polar surface area (TPSA) is 112 Å². The van der Waals surface area contributed by atoms with Crippen molar-refractivity contribution in [2.75, 3.05) is 0 Å². The molecule has 0 unspecified atom stereocenters. The Hall–Kier alpha value is -3.85. The van der Waals surface area contributed by atoms with Gasteiger partial charge in [0.25, 0.3) is 0 Å². The third kappa shape index (κ3) is 3.38. The molecule has 8 nitrogen and oxygen atoms in total. The van der Waals surface area contributed by atoms with Crippen molar-refractivity contribution in [3.05, 3.63) is 76.6 Å². The fraction of sp³-hybridized carbons (Fsp3) is 0. The lowest BCUT2D eigenvalue weighted by atomic mass is 10.1. The number of rotatable bonds is 5. The quantitative estimate of drug-likeness (QED) is 0.356. The molecule has 0 amide bonds. The first-order valence-corrected chi connectivity index (χ1v) is 8.69. The molecule has 0 atom stereocenters. The SMILES string of the molecule is O=C(O)c1ccccc1/C=N/n1c(-c2cc(-c3ccccc3)n[nH]2)n[nH]c1=S. The molecule has 0 saturated heterocycles. The third-order valence-corrected chi connectivity index (χ3v) is 4.31. The van der Waals surface area contributed by atoms with E-state index >= 15 is 0 Å². The van der Waals surface area contributed by atoms with Gasteiger partial charge in [-0.25, -0.2) is 9.89 Å². The molecule has 0 saturated carbocycles. The number of nitrogens with one attached hydrogen (secondary N) is 2. The van der Waals surface area contributed by atoms with Crippen LogP contribution in [0.1, 0.15) is 15.9 Å². The van der Waals surface area contributed by atoms with E-state index in [0.29, 0.717) is 17.1 Å². The molecule has 138 valence electrons. The molecule has 4 rings (SSSR count). The van der Waals surface area contributed by atoms with Crippen molar-refractivity contribution < 1.29 is 9.90 Å². The van der Waals surface area contributed by atoms with Crippen LogP contribution in [0.25, 0.3) is 22.8 Å². The lowest BCUT2D eigenvalue weighted by Crippen LogP contribution is -2.02. The molecule has 4 aromatic rings. The number of carboxylic acids is 1. The maximum Gasteiger partial charge on any atom is 0.336 e. The van der Waals surface area contributed by atoms with E-state index in [0.717, 1.165) is 11.3 Å². The predicted molar refractivity (Wildman–Crippen MR) is 107 cm³/mol. The minimum absolute atomic E-state index is 0.149. The Bertz CT molecular complexity index is 1220. The van der Waals surface area contributed by atoms with Crippen molar-refractivity contribution in [3.63, 3.8) is 0 Å². The number of hydrogen-bond acceptors (Lipinski definition) is 5. The first-order valence-electron chi connectivity index (χ1n) is 8.29. The van der Waals surface area contributed by atoms with Crippen molar-refractivity contribution in [3.8, 4) is 22.8 Å². The van der Waals surface area contributed by atoms with Crippen LogP contribution in [0.4, 0.5) is 0 Å². The van der Waals surface area contributed by atoms with Crippen LogP contribution >= 0.6 is 12.2 Å². The Morgan fingerprint density at radius 3 is 2.61 bits per heavy atom. The fourth-order valence-electron chi connectivity index (χ4n) is 2.69. The zero-order chi connectivity index (χ0) is 19.5. The predicted octanol–water partition coefficient (Wildman–Crippen LogP) is 3.58. The number of hydrogen-bond donors (Lipinski definition) is 3. The second-order valence-electron chi connectivity index (χ2n) is 5.83. The van der Waals surface area contributed by atoms with E-state index in [1.165, 1.54) is 17.0 Å². The van der Waals surface area contributed by atoms with Gasteiger partial charge in [0, 0.05) is 11.1 Å². The largest absolute Gasteiger partial charge is 0.478 e. The van der Waals surface area contributed by atoms with Gasteiger partial charge >= 0.3 is 5.97 Å². The number of aromatic nitrogens is 5. The van der Waals surface area contributed by atoms with E-state index in [-0.39, 0.29) is 10.3 Å².